The van der Waals surface area contributed by atoms with Gasteiger partial charge in [-0.2, -0.15) is 0 Å². The van der Waals surface area contributed by atoms with Crippen molar-refractivity contribution in [2.75, 3.05) is 12.4 Å². The molecule has 1 aromatic heterocycles. The quantitative estimate of drug-likeness (QED) is 0.812. The van der Waals surface area contributed by atoms with Crippen LogP contribution < -0.4 is 20.5 Å². The number of halogens is 2. The van der Waals surface area contributed by atoms with Gasteiger partial charge in [-0.3, -0.25) is 9.78 Å². The van der Waals surface area contributed by atoms with E-state index in [0.29, 0.717) is 23.8 Å². The Bertz CT molecular complexity index is 640. The number of rotatable bonds is 6. The Morgan fingerprint density at radius 1 is 1.29 bits per heavy atom. The number of pyridine rings is 1. The Balaban J connectivity index is 0.00000264. The van der Waals surface area contributed by atoms with Crippen LogP contribution in [0.15, 0.2) is 42.7 Å². The largest absolute Gasteiger partial charge is 0.493 e. The number of nitrogens with one attached hydrogen (secondary N) is 1. The van der Waals surface area contributed by atoms with E-state index in [2.05, 4.69) is 10.3 Å². The van der Waals surface area contributed by atoms with Crippen LogP contribution in [0.5, 0.6) is 11.5 Å². The highest BCUT2D eigenvalue weighted by Gasteiger charge is 2.11. The number of carbonyl (C=O) groups excluding carboxylic acids is 1. The maximum atomic E-state index is 11.6. The third kappa shape index (κ3) is 6.23. The van der Waals surface area contributed by atoms with Gasteiger partial charge < -0.3 is 20.5 Å². The van der Waals surface area contributed by atoms with Crippen LogP contribution in [0.1, 0.15) is 12.5 Å². The average molecular weight is 374 g/mol. The van der Waals surface area contributed by atoms with Gasteiger partial charge in [0.15, 0.2) is 11.5 Å². The molecule has 0 radical (unpaired) electrons. The summed E-state index contributed by atoms with van der Waals surface area (Å²) in [6.07, 6.45) is 3.43. The lowest BCUT2D eigenvalue weighted by molar-refractivity contribution is -0.117. The fourth-order valence-corrected chi connectivity index (χ4v) is 1.77. The minimum absolute atomic E-state index is 0. The number of anilines is 1. The molecule has 0 aliphatic heterocycles. The SMILES string of the molecule is COc1ccc(NC(=O)[C@H](C)N)cc1OCc1cccnc1.Cl.Cl. The van der Waals surface area contributed by atoms with Gasteiger partial charge in [0.05, 0.1) is 13.2 Å². The van der Waals surface area contributed by atoms with Crippen LogP contribution in [-0.4, -0.2) is 24.0 Å². The van der Waals surface area contributed by atoms with Gasteiger partial charge in [-0.25, -0.2) is 0 Å². The summed E-state index contributed by atoms with van der Waals surface area (Å²) in [6.45, 7) is 1.98. The molecule has 2 aromatic rings. The summed E-state index contributed by atoms with van der Waals surface area (Å²) in [5.41, 5.74) is 7.08. The van der Waals surface area contributed by atoms with Crippen molar-refractivity contribution in [2.45, 2.75) is 19.6 Å². The predicted octanol–water partition coefficient (Wildman–Crippen LogP) is 2.80. The topological polar surface area (TPSA) is 86.5 Å². The van der Waals surface area contributed by atoms with Crippen molar-refractivity contribution in [3.05, 3.63) is 48.3 Å². The second-order valence-corrected chi connectivity index (χ2v) is 4.79. The molecule has 1 aromatic carbocycles. The van der Waals surface area contributed by atoms with Crippen molar-refractivity contribution in [2.24, 2.45) is 5.73 Å². The number of nitrogens with zero attached hydrogens (tertiary/aromatic N) is 1. The van der Waals surface area contributed by atoms with Crippen LogP contribution in [-0.2, 0) is 11.4 Å². The lowest BCUT2D eigenvalue weighted by atomic mass is 10.2. The lowest BCUT2D eigenvalue weighted by Crippen LogP contribution is -2.32. The molecule has 8 heteroatoms. The molecule has 24 heavy (non-hydrogen) atoms. The Labute approximate surface area is 153 Å². The third-order valence-electron chi connectivity index (χ3n) is 2.96. The summed E-state index contributed by atoms with van der Waals surface area (Å²) in [5, 5.41) is 2.72. The van der Waals surface area contributed by atoms with Gasteiger partial charge in [-0.1, -0.05) is 6.07 Å². The standard InChI is InChI=1S/C16H19N3O3.2ClH/c1-11(17)16(20)19-13-5-6-14(21-2)15(8-13)22-10-12-4-3-7-18-9-12;;/h3-9,11H,10,17H2,1-2H3,(H,19,20);2*1H/t11-;;/m0../s1. The van der Waals surface area contributed by atoms with Crippen LogP contribution in [0.25, 0.3) is 0 Å². The zero-order chi connectivity index (χ0) is 15.9. The van der Waals surface area contributed by atoms with E-state index in [0.717, 1.165) is 5.56 Å². The van der Waals surface area contributed by atoms with E-state index in [1.54, 1.807) is 44.6 Å². The number of amides is 1. The average Bonchev–Trinajstić information content (AvgIpc) is 2.54. The zero-order valence-electron chi connectivity index (χ0n) is 13.4. The van der Waals surface area contributed by atoms with Crippen molar-refractivity contribution in [1.82, 2.24) is 4.98 Å². The molecule has 0 spiro atoms. The van der Waals surface area contributed by atoms with E-state index in [1.165, 1.54) is 0 Å². The van der Waals surface area contributed by atoms with Crippen LogP contribution in [0.4, 0.5) is 5.69 Å². The molecular weight excluding hydrogens is 353 g/mol. The molecule has 0 saturated carbocycles. The van der Waals surface area contributed by atoms with Crippen molar-refractivity contribution in [1.29, 1.82) is 0 Å². The third-order valence-corrected chi connectivity index (χ3v) is 2.96. The summed E-state index contributed by atoms with van der Waals surface area (Å²) in [6, 6.07) is 8.35. The Morgan fingerprint density at radius 3 is 2.62 bits per heavy atom. The summed E-state index contributed by atoms with van der Waals surface area (Å²) < 4.78 is 11.0. The minimum Gasteiger partial charge on any atom is -0.493 e. The maximum Gasteiger partial charge on any atom is 0.241 e. The van der Waals surface area contributed by atoms with E-state index in [9.17, 15) is 4.79 Å². The van der Waals surface area contributed by atoms with Gasteiger partial charge in [-0.15, -0.1) is 24.8 Å². The summed E-state index contributed by atoms with van der Waals surface area (Å²) in [4.78, 5) is 15.7. The van der Waals surface area contributed by atoms with E-state index in [1.807, 2.05) is 12.1 Å². The van der Waals surface area contributed by atoms with Crippen LogP contribution in [0.3, 0.4) is 0 Å². The number of hydrogen-bond acceptors (Lipinski definition) is 5. The van der Waals surface area contributed by atoms with E-state index in [4.69, 9.17) is 15.2 Å². The number of aromatic nitrogens is 1. The predicted molar refractivity (Wildman–Crippen MR) is 98.3 cm³/mol. The summed E-state index contributed by atoms with van der Waals surface area (Å²) in [5.74, 6) is 0.861. The summed E-state index contributed by atoms with van der Waals surface area (Å²) >= 11 is 0. The van der Waals surface area contributed by atoms with Crippen molar-refractivity contribution in [3.8, 4) is 11.5 Å². The fourth-order valence-electron chi connectivity index (χ4n) is 1.77. The molecule has 1 atom stereocenters. The number of benzene rings is 1. The van der Waals surface area contributed by atoms with Crippen molar-refractivity contribution in [3.63, 3.8) is 0 Å². The fraction of sp³-hybridized carbons (Fsp3) is 0.250. The van der Waals surface area contributed by atoms with E-state index in [-0.39, 0.29) is 30.7 Å². The molecule has 0 unspecified atom stereocenters. The molecule has 0 bridgehead atoms. The smallest absolute Gasteiger partial charge is 0.241 e. The first-order chi connectivity index (χ1) is 10.6. The molecule has 132 valence electrons. The van der Waals surface area contributed by atoms with Gasteiger partial charge in [-0.05, 0) is 25.1 Å². The molecule has 0 saturated heterocycles. The van der Waals surface area contributed by atoms with Gasteiger partial charge in [0.2, 0.25) is 5.91 Å². The number of carbonyl (C=O) groups is 1. The molecule has 1 amide bonds. The van der Waals surface area contributed by atoms with Crippen LogP contribution in [0.2, 0.25) is 0 Å². The van der Waals surface area contributed by atoms with Crippen molar-refractivity contribution >= 4 is 36.4 Å². The number of nitrogens with two attached hydrogens (primary N) is 1. The molecular formula is C16H21Cl2N3O3. The number of hydrogen-bond donors (Lipinski definition) is 2. The van der Waals surface area contributed by atoms with Gasteiger partial charge >= 0.3 is 0 Å². The molecule has 0 fully saturated rings. The Kier molecular flexibility index (Phi) is 9.80. The molecule has 6 nitrogen and oxygen atoms in total. The normalized spacial score (nSPS) is 10.6. The number of methoxy groups -OCH3 is 1. The second kappa shape index (κ2) is 10.7. The van der Waals surface area contributed by atoms with E-state index >= 15 is 0 Å². The maximum absolute atomic E-state index is 11.6. The molecule has 2 rings (SSSR count). The monoisotopic (exact) mass is 373 g/mol. The second-order valence-electron chi connectivity index (χ2n) is 4.79. The van der Waals surface area contributed by atoms with Gasteiger partial charge in [0.25, 0.3) is 0 Å². The molecule has 3 N–H and O–H groups in total. The van der Waals surface area contributed by atoms with Crippen LogP contribution in [0, 0.1) is 0 Å². The first-order valence-electron chi connectivity index (χ1n) is 6.86. The lowest BCUT2D eigenvalue weighted by Gasteiger charge is -2.13. The highest BCUT2D eigenvalue weighted by Crippen LogP contribution is 2.30. The van der Waals surface area contributed by atoms with Crippen molar-refractivity contribution < 1.29 is 14.3 Å². The van der Waals surface area contributed by atoms with Gasteiger partial charge in [0, 0.05) is 29.7 Å². The number of ether oxygens (including phenoxy) is 2. The summed E-state index contributed by atoms with van der Waals surface area (Å²) in [7, 11) is 1.56. The Hall–Kier alpha value is -2.02. The molecule has 0 aliphatic carbocycles. The zero-order valence-corrected chi connectivity index (χ0v) is 15.0. The highest BCUT2D eigenvalue weighted by atomic mass is 35.5. The molecule has 1 heterocycles. The first kappa shape index (κ1) is 22.0. The molecule has 0 aliphatic rings. The highest BCUT2D eigenvalue weighted by molar-refractivity contribution is 5.94. The van der Waals surface area contributed by atoms with E-state index < -0.39 is 6.04 Å². The van der Waals surface area contributed by atoms with Crippen LogP contribution >= 0.6 is 24.8 Å². The van der Waals surface area contributed by atoms with Gasteiger partial charge in [0.1, 0.15) is 6.61 Å². The Morgan fingerprint density at radius 2 is 2.04 bits per heavy atom. The first-order valence-corrected chi connectivity index (χ1v) is 6.86. The minimum atomic E-state index is -0.582.